The largest absolute Gasteiger partial charge is 0.385 e. The highest BCUT2D eigenvalue weighted by Gasteiger charge is 2.28. The fourth-order valence-electron chi connectivity index (χ4n) is 4.69. The zero-order chi connectivity index (χ0) is 22.2. The first-order valence-corrected chi connectivity index (χ1v) is 11.5. The topological polar surface area (TPSA) is 82.8 Å². The molecule has 0 aromatic carbocycles. The van der Waals surface area contributed by atoms with E-state index in [1.54, 1.807) is 7.11 Å². The number of aromatic nitrogens is 1. The fraction of sp³-hybridized carbons (Fsp3) is 0.739. The Hall–Kier alpha value is -1.92. The van der Waals surface area contributed by atoms with Crippen molar-refractivity contribution in [3.05, 3.63) is 16.8 Å². The van der Waals surface area contributed by atoms with Crippen molar-refractivity contribution in [3.8, 4) is 6.07 Å². The quantitative estimate of drug-likeness (QED) is 0.603. The van der Waals surface area contributed by atoms with Gasteiger partial charge in [-0.3, -0.25) is 14.6 Å². The van der Waals surface area contributed by atoms with Crippen molar-refractivity contribution in [1.29, 1.82) is 5.26 Å². The average Bonchev–Trinajstić information content (AvgIpc) is 2.99. The molecule has 3 rings (SSSR count). The summed E-state index contributed by atoms with van der Waals surface area (Å²) in [7, 11) is 1.68. The third-order valence-electron chi connectivity index (χ3n) is 6.60. The monoisotopic (exact) mass is 431 g/mol. The molecule has 8 nitrogen and oxygen atoms in total. The summed E-state index contributed by atoms with van der Waals surface area (Å²) >= 11 is 0. The van der Waals surface area contributed by atoms with Gasteiger partial charge in [0.05, 0.1) is 25.3 Å². The van der Waals surface area contributed by atoms with Gasteiger partial charge >= 0.3 is 0 Å². The molecule has 172 valence electrons. The summed E-state index contributed by atoms with van der Waals surface area (Å²) in [5.41, 5.74) is 2.51. The molecule has 1 atom stereocenters. The predicted octanol–water partition coefficient (Wildman–Crippen LogP) is 2.14. The van der Waals surface area contributed by atoms with Crippen molar-refractivity contribution < 1.29 is 14.3 Å². The number of morpholine rings is 1. The molecule has 2 aliphatic rings. The number of rotatable bonds is 9. The summed E-state index contributed by atoms with van der Waals surface area (Å²) < 4.78 is 12.7. The minimum absolute atomic E-state index is 0.0455. The average molecular weight is 432 g/mol. The van der Waals surface area contributed by atoms with Crippen LogP contribution in [0.5, 0.6) is 0 Å². The lowest BCUT2D eigenvalue weighted by Crippen LogP contribution is -2.51. The second-order valence-corrected chi connectivity index (χ2v) is 8.63. The van der Waals surface area contributed by atoms with Crippen molar-refractivity contribution in [2.24, 2.45) is 0 Å². The molecular weight excluding hydrogens is 394 g/mol. The number of likely N-dealkylation sites (tertiary alicyclic amines) is 1. The minimum Gasteiger partial charge on any atom is -0.385 e. The lowest BCUT2D eigenvalue weighted by Gasteiger charge is -2.39. The Kier molecular flexibility index (Phi) is 8.90. The van der Waals surface area contributed by atoms with Crippen LogP contribution < -0.4 is 5.32 Å². The Balaban J connectivity index is 1.67. The highest BCUT2D eigenvalue weighted by atomic mass is 16.5. The molecule has 0 aliphatic carbocycles. The molecule has 1 aromatic heterocycles. The van der Waals surface area contributed by atoms with Gasteiger partial charge in [-0.2, -0.15) is 5.26 Å². The summed E-state index contributed by atoms with van der Waals surface area (Å²) in [6, 6.07) is 2.68. The summed E-state index contributed by atoms with van der Waals surface area (Å²) in [5, 5.41) is 12.8. The van der Waals surface area contributed by atoms with E-state index in [0.29, 0.717) is 37.1 Å². The number of hydrogen-bond acceptors (Lipinski definition) is 6. The maximum atomic E-state index is 13.1. The number of methoxy groups -OCH3 is 1. The molecule has 8 heteroatoms. The van der Waals surface area contributed by atoms with E-state index in [-0.39, 0.29) is 5.91 Å². The molecule has 2 aliphatic heterocycles. The number of piperidine rings is 1. The van der Waals surface area contributed by atoms with E-state index in [2.05, 4.69) is 21.2 Å². The zero-order valence-corrected chi connectivity index (χ0v) is 19.3. The molecule has 0 radical (unpaired) electrons. The molecule has 1 unspecified atom stereocenters. The molecule has 1 aromatic rings. The Morgan fingerprint density at radius 1 is 1.26 bits per heavy atom. The number of ether oxygens (including phenoxy) is 2. The number of hydrogen-bond donors (Lipinski definition) is 1. The third-order valence-corrected chi connectivity index (χ3v) is 6.60. The molecule has 1 N–H and O–H groups in total. The highest BCUT2D eigenvalue weighted by Crippen LogP contribution is 2.27. The van der Waals surface area contributed by atoms with Crippen LogP contribution in [0.2, 0.25) is 0 Å². The first-order valence-electron chi connectivity index (χ1n) is 11.5. The van der Waals surface area contributed by atoms with Crippen LogP contribution in [-0.2, 0) is 20.8 Å². The third kappa shape index (κ3) is 6.07. The number of amides is 1. The van der Waals surface area contributed by atoms with Gasteiger partial charge in [0.2, 0.25) is 5.91 Å². The van der Waals surface area contributed by atoms with Gasteiger partial charge < -0.3 is 19.4 Å². The number of anilines is 1. The lowest BCUT2D eigenvalue weighted by molar-refractivity contribution is -0.118. The Morgan fingerprint density at radius 2 is 2.03 bits per heavy atom. The molecule has 0 saturated carbocycles. The van der Waals surface area contributed by atoms with Gasteiger partial charge in [-0.15, -0.1) is 0 Å². The second kappa shape index (κ2) is 11.6. The standard InChI is InChI=1S/C23H37N5O3/c1-18-19(2)28(9-6-12-30-3)23(21(18)15-24)25-22(29)17-27-8-5-4-7-20(27)16-26-10-13-31-14-11-26/h20H,4-14,16-17H2,1-3H3,(H,25,29). The number of nitriles is 1. The Morgan fingerprint density at radius 3 is 2.74 bits per heavy atom. The Bertz CT molecular complexity index is 779. The van der Waals surface area contributed by atoms with E-state index in [4.69, 9.17) is 9.47 Å². The fourth-order valence-corrected chi connectivity index (χ4v) is 4.69. The minimum atomic E-state index is -0.0455. The Labute approximate surface area is 186 Å². The van der Waals surface area contributed by atoms with Gasteiger partial charge in [0, 0.05) is 51.6 Å². The maximum absolute atomic E-state index is 13.1. The predicted molar refractivity (Wildman–Crippen MR) is 120 cm³/mol. The molecule has 2 fully saturated rings. The van der Waals surface area contributed by atoms with Crippen molar-refractivity contribution in [1.82, 2.24) is 14.4 Å². The van der Waals surface area contributed by atoms with E-state index < -0.39 is 0 Å². The van der Waals surface area contributed by atoms with Crippen molar-refractivity contribution >= 4 is 11.7 Å². The first-order chi connectivity index (χ1) is 15.0. The van der Waals surface area contributed by atoms with Crippen molar-refractivity contribution in [2.75, 3.05) is 65.0 Å². The summed E-state index contributed by atoms with van der Waals surface area (Å²) in [6.45, 7) is 11.1. The van der Waals surface area contributed by atoms with Crippen LogP contribution in [0, 0.1) is 25.2 Å². The molecule has 31 heavy (non-hydrogen) atoms. The lowest BCUT2D eigenvalue weighted by atomic mass is 10.0. The van der Waals surface area contributed by atoms with Crippen molar-refractivity contribution in [2.45, 2.75) is 52.1 Å². The zero-order valence-electron chi connectivity index (χ0n) is 19.3. The van der Waals surface area contributed by atoms with Gasteiger partial charge in [0.15, 0.2) is 0 Å². The molecule has 0 bridgehead atoms. The molecule has 0 spiro atoms. The van der Waals surface area contributed by atoms with E-state index >= 15 is 0 Å². The summed E-state index contributed by atoms with van der Waals surface area (Å²) in [4.78, 5) is 17.8. The van der Waals surface area contributed by atoms with Crippen LogP contribution in [0.3, 0.4) is 0 Å². The van der Waals surface area contributed by atoms with Crippen LogP contribution in [0.1, 0.15) is 42.5 Å². The SMILES string of the molecule is COCCCn1c(C)c(C)c(C#N)c1NC(=O)CN1CCCCC1CN1CCOCC1. The molecule has 3 heterocycles. The van der Waals surface area contributed by atoms with Crippen LogP contribution in [0.25, 0.3) is 0 Å². The van der Waals surface area contributed by atoms with Gasteiger partial charge in [-0.1, -0.05) is 6.42 Å². The molecule has 2 saturated heterocycles. The van der Waals surface area contributed by atoms with Crippen molar-refractivity contribution in [3.63, 3.8) is 0 Å². The smallest absolute Gasteiger partial charge is 0.239 e. The van der Waals surface area contributed by atoms with E-state index in [1.165, 1.54) is 6.42 Å². The number of nitrogens with one attached hydrogen (secondary N) is 1. The number of carbonyl (C=O) groups excluding carboxylic acids is 1. The summed E-state index contributed by atoms with van der Waals surface area (Å²) in [6.07, 6.45) is 4.29. The van der Waals surface area contributed by atoms with Crippen LogP contribution in [-0.4, -0.2) is 86.0 Å². The van der Waals surface area contributed by atoms with Crippen LogP contribution in [0.15, 0.2) is 0 Å². The number of carbonyl (C=O) groups is 1. The van der Waals surface area contributed by atoms with Gasteiger partial charge in [0.1, 0.15) is 11.9 Å². The van der Waals surface area contributed by atoms with E-state index in [1.807, 2.05) is 18.4 Å². The normalized spacial score (nSPS) is 20.5. The maximum Gasteiger partial charge on any atom is 0.239 e. The van der Waals surface area contributed by atoms with Gasteiger partial charge in [0.25, 0.3) is 0 Å². The van der Waals surface area contributed by atoms with Crippen LogP contribution >= 0.6 is 0 Å². The summed E-state index contributed by atoms with van der Waals surface area (Å²) in [5.74, 6) is 0.580. The van der Waals surface area contributed by atoms with E-state index in [0.717, 1.165) is 69.9 Å². The highest BCUT2D eigenvalue weighted by molar-refractivity contribution is 5.93. The molecule has 1 amide bonds. The first kappa shape index (κ1) is 23.7. The van der Waals surface area contributed by atoms with E-state index in [9.17, 15) is 10.1 Å². The van der Waals surface area contributed by atoms with Gasteiger partial charge in [-0.25, -0.2) is 0 Å². The number of nitrogens with zero attached hydrogens (tertiary/aromatic N) is 4. The van der Waals surface area contributed by atoms with Gasteiger partial charge in [-0.05, 0) is 45.2 Å². The second-order valence-electron chi connectivity index (χ2n) is 8.63. The molecular formula is C23H37N5O3. The van der Waals surface area contributed by atoms with Crippen LogP contribution in [0.4, 0.5) is 5.82 Å².